The number of carbonyl (C=O) groups excluding carboxylic acids is 2. The van der Waals surface area contributed by atoms with Crippen LogP contribution in [0.15, 0.2) is 42.5 Å². The summed E-state index contributed by atoms with van der Waals surface area (Å²) in [5, 5.41) is 14.1. The van der Waals surface area contributed by atoms with Crippen molar-refractivity contribution in [3.05, 3.63) is 58.1 Å². The van der Waals surface area contributed by atoms with Gasteiger partial charge in [-0.15, -0.1) is 0 Å². The summed E-state index contributed by atoms with van der Waals surface area (Å²) in [5.74, 6) is 0.132. The predicted molar refractivity (Wildman–Crippen MR) is 117 cm³/mol. The number of hydrogen-bond donors (Lipinski definition) is 1. The van der Waals surface area contributed by atoms with Crippen molar-refractivity contribution in [1.82, 2.24) is 0 Å². The van der Waals surface area contributed by atoms with Crippen molar-refractivity contribution in [1.29, 1.82) is 0 Å². The maximum atomic E-state index is 13.0. The van der Waals surface area contributed by atoms with E-state index < -0.39 is 10.8 Å². The highest BCUT2D eigenvalue weighted by molar-refractivity contribution is 6.08. The summed E-state index contributed by atoms with van der Waals surface area (Å²) in [6, 6.07) is 11.3. The molecule has 0 unspecified atom stereocenters. The quantitative estimate of drug-likeness (QED) is 0.592. The molecule has 8 heteroatoms. The SMILES string of the molecule is CC(=O)N(C)c1ccc(NC(=O)c2cc([N+](=O)[O-])ccc2N2CCC(C)CC2)cc1. The third-order valence-electron chi connectivity index (χ3n) is 5.54. The molecule has 3 rings (SSSR count). The second kappa shape index (κ2) is 8.94. The first-order valence-electron chi connectivity index (χ1n) is 9.95. The summed E-state index contributed by atoms with van der Waals surface area (Å²) in [4.78, 5) is 38.9. The van der Waals surface area contributed by atoms with Crippen LogP contribution < -0.4 is 15.1 Å². The Kier molecular flexibility index (Phi) is 6.34. The minimum atomic E-state index is -0.495. The molecule has 0 atom stereocenters. The van der Waals surface area contributed by atoms with Crippen molar-refractivity contribution < 1.29 is 14.5 Å². The molecule has 1 N–H and O–H groups in total. The van der Waals surface area contributed by atoms with Crippen LogP contribution in [0.5, 0.6) is 0 Å². The van der Waals surface area contributed by atoms with E-state index >= 15 is 0 Å². The molecular formula is C22H26N4O4. The Morgan fingerprint density at radius 2 is 1.77 bits per heavy atom. The molecule has 158 valence electrons. The first-order valence-corrected chi connectivity index (χ1v) is 9.95. The molecule has 0 aliphatic carbocycles. The summed E-state index contributed by atoms with van der Waals surface area (Å²) in [6.07, 6.45) is 2.03. The minimum Gasteiger partial charge on any atom is -0.371 e. The highest BCUT2D eigenvalue weighted by Gasteiger charge is 2.23. The standard InChI is InChI=1S/C22H26N4O4/c1-15-10-12-25(13-11-15)21-9-8-19(26(29)30)14-20(21)22(28)23-17-4-6-18(7-5-17)24(3)16(2)27/h4-9,14-15H,10-13H2,1-3H3,(H,23,28). The van der Waals surface area contributed by atoms with Gasteiger partial charge in [-0.05, 0) is 49.1 Å². The van der Waals surface area contributed by atoms with Crippen LogP contribution >= 0.6 is 0 Å². The first-order chi connectivity index (χ1) is 14.3. The van der Waals surface area contributed by atoms with Crippen LogP contribution in [0.2, 0.25) is 0 Å². The number of nitrogens with zero attached hydrogens (tertiary/aromatic N) is 3. The fraction of sp³-hybridized carbons (Fsp3) is 0.364. The smallest absolute Gasteiger partial charge is 0.270 e. The van der Waals surface area contributed by atoms with Crippen molar-refractivity contribution in [2.45, 2.75) is 26.7 Å². The molecule has 1 fully saturated rings. The van der Waals surface area contributed by atoms with Gasteiger partial charge in [-0.1, -0.05) is 6.92 Å². The molecular weight excluding hydrogens is 384 g/mol. The van der Waals surface area contributed by atoms with Crippen LogP contribution in [0.25, 0.3) is 0 Å². The van der Waals surface area contributed by atoms with Crippen LogP contribution in [0.3, 0.4) is 0 Å². The van der Waals surface area contributed by atoms with E-state index in [2.05, 4.69) is 17.1 Å². The van der Waals surface area contributed by atoms with E-state index in [9.17, 15) is 19.7 Å². The summed E-state index contributed by atoms with van der Waals surface area (Å²) in [7, 11) is 1.67. The summed E-state index contributed by atoms with van der Waals surface area (Å²) in [5.41, 5.74) is 2.12. The van der Waals surface area contributed by atoms with Gasteiger partial charge in [-0.3, -0.25) is 19.7 Å². The molecule has 2 aromatic rings. The second-order valence-corrected chi connectivity index (χ2v) is 7.71. The fourth-order valence-corrected chi connectivity index (χ4v) is 3.49. The van der Waals surface area contributed by atoms with Crippen molar-refractivity contribution >= 4 is 34.6 Å². The third-order valence-corrected chi connectivity index (χ3v) is 5.54. The van der Waals surface area contributed by atoms with E-state index in [0.29, 0.717) is 23.0 Å². The van der Waals surface area contributed by atoms with Gasteiger partial charge in [0.05, 0.1) is 16.2 Å². The maximum Gasteiger partial charge on any atom is 0.270 e. The largest absolute Gasteiger partial charge is 0.371 e. The number of nitrogens with one attached hydrogen (secondary N) is 1. The number of benzene rings is 2. The van der Waals surface area contributed by atoms with E-state index in [-0.39, 0.29) is 17.2 Å². The molecule has 0 spiro atoms. The molecule has 1 aliphatic rings. The number of amides is 2. The van der Waals surface area contributed by atoms with Crippen molar-refractivity contribution in [2.75, 3.05) is 35.3 Å². The topological polar surface area (TPSA) is 95.8 Å². The number of nitro benzene ring substituents is 1. The first kappa shape index (κ1) is 21.3. The van der Waals surface area contributed by atoms with Crippen LogP contribution in [0.4, 0.5) is 22.7 Å². The zero-order chi connectivity index (χ0) is 21.8. The normalized spacial score (nSPS) is 14.3. The van der Waals surface area contributed by atoms with Crippen molar-refractivity contribution in [3.8, 4) is 0 Å². The lowest BCUT2D eigenvalue weighted by molar-refractivity contribution is -0.384. The lowest BCUT2D eigenvalue weighted by Gasteiger charge is -2.33. The number of carbonyl (C=O) groups is 2. The lowest BCUT2D eigenvalue weighted by atomic mass is 9.98. The third kappa shape index (κ3) is 4.76. The molecule has 1 heterocycles. The van der Waals surface area contributed by atoms with Gasteiger partial charge in [0.15, 0.2) is 0 Å². The Morgan fingerprint density at radius 3 is 2.33 bits per heavy atom. The van der Waals surface area contributed by atoms with Gasteiger partial charge in [0, 0.05) is 50.6 Å². The highest BCUT2D eigenvalue weighted by Crippen LogP contribution is 2.30. The van der Waals surface area contributed by atoms with Gasteiger partial charge >= 0.3 is 0 Å². The summed E-state index contributed by atoms with van der Waals surface area (Å²) < 4.78 is 0. The molecule has 1 saturated heterocycles. The van der Waals surface area contributed by atoms with E-state index in [1.807, 2.05) is 0 Å². The van der Waals surface area contributed by atoms with Crippen LogP contribution in [-0.4, -0.2) is 36.9 Å². The van der Waals surface area contributed by atoms with Gasteiger partial charge in [0.2, 0.25) is 5.91 Å². The van der Waals surface area contributed by atoms with Crippen molar-refractivity contribution in [3.63, 3.8) is 0 Å². The molecule has 0 bridgehead atoms. The number of hydrogen-bond acceptors (Lipinski definition) is 5. The maximum absolute atomic E-state index is 13.0. The van der Waals surface area contributed by atoms with Gasteiger partial charge in [0.25, 0.3) is 11.6 Å². The Hall–Kier alpha value is -3.42. The molecule has 8 nitrogen and oxygen atoms in total. The van der Waals surface area contributed by atoms with Crippen LogP contribution in [0.1, 0.15) is 37.0 Å². The number of rotatable bonds is 5. The fourth-order valence-electron chi connectivity index (χ4n) is 3.49. The average Bonchev–Trinajstić information content (AvgIpc) is 2.73. The monoisotopic (exact) mass is 410 g/mol. The molecule has 2 amide bonds. The molecule has 1 aliphatic heterocycles. The molecule has 0 saturated carbocycles. The number of anilines is 3. The number of non-ortho nitro benzene ring substituents is 1. The van der Waals surface area contributed by atoms with Crippen LogP contribution in [-0.2, 0) is 4.79 Å². The molecule has 0 aromatic heterocycles. The molecule has 0 radical (unpaired) electrons. The number of piperidine rings is 1. The molecule has 30 heavy (non-hydrogen) atoms. The molecule has 2 aromatic carbocycles. The van der Waals surface area contributed by atoms with Crippen LogP contribution in [0, 0.1) is 16.0 Å². The highest BCUT2D eigenvalue weighted by atomic mass is 16.6. The van der Waals surface area contributed by atoms with Gasteiger partial charge < -0.3 is 15.1 Å². The lowest BCUT2D eigenvalue weighted by Crippen LogP contribution is -2.34. The summed E-state index contributed by atoms with van der Waals surface area (Å²) in [6.45, 7) is 5.30. The Morgan fingerprint density at radius 1 is 1.13 bits per heavy atom. The van der Waals surface area contributed by atoms with Crippen molar-refractivity contribution in [2.24, 2.45) is 5.92 Å². The number of nitro groups is 1. The zero-order valence-corrected chi connectivity index (χ0v) is 17.4. The Bertz CT molecular complexity index is 950. The Balaban J connectivity index is 1.85. The van der Waals surface area contributed by atoms with Gasteiger partial charge in [-0.2, -0.15) is 0 Å². The Labute approximate surface area is 175 Å². The van der Waals surface area contributed by atoms with E-state index in [4.69, 9.17) is 0 Å². The zero-order valence-electron chi connectivity index (χ0n) is 17.4. The van der Waals surface area contributed by atoms with E-state index in [1.165, 1.54) is 24.0 Å². The van der Waals surface area contributed by atoms with Gasteiger partial charge in [-0.25, -0.2) is 0 Å². The second-order valence-electron chi connectivity index (χ2n) is 7.71. The van der Waals surface area contributed by atoms with Gasteiger partial charge in [0.1, 0.15) is 0 Å². The van der Waals surface area contributed by atoms with E-state index in [1.54, 1.807) is 37.4 Å². The predicted octanol–water partition coefficient (Wildman–Crippen LogP) is 4.07. The minimum absolute atomic E-state index is 0.0936. The summed E-state index contributed by atoms with van der Waals surface area (Å²) >= 11 is 0. The average molecular weight is 410 g/mol. The van der Waals surface area contributed by atoms with E-state index in [0.717, 1.165) is 25.9 Å².